The van der Waals surface area contributed by atoms with Crippen LogP contribution < -0.4 is 0 Å². The van der Waals surface area contributed by atoms with Crippen molar-refractivity contribution in [2.45, 2.75) is 33.1 Å². The van der Waals surface area contributed by atoms with Crippen molar-refractivity contribution in [1.29, 1.82) is 0 Å². The van der Waals surface area contributed by atoms with Gasteiger partial charge < -0.3 is 4.98 Å². The molecule has 0 atom stereocenters. The minimum atomic E-state index is 0.303. The average molecular weight is 213 g/mol. The highest BCUT2D eigenvalue weighted by Gasteiger charge is 2.22. The molecule has 1 aliphatic carbocycles. The molecule has 2 heteroatoms. The highest BCUT2D eigenvalue weighted by molar-refractivity contribution is 6.10. The number of fused-ring (bicyclic) bond motifs is 3. The zero-order valence-corrected chi connectivity index (χ0v) is 9.68. The van der Waals surface area contributed by atoms with Gasteiger partial charge in [-0.1, -0.05) is 11.6 Å². The highest BCUT2D eigenvalue weighted by Crippen LogP contribution is 2.31. The van der Waals surface area contributed by atoms with E-state index in [0.717, 1.165) is 35.0 Å². The lowest BCUT2D eigenvalue weighted by atomic mass is 9.93. The van der Waals surface area contributed by atoms with Crippen LogP contribution in [0, 0.1) is 13.8 Å². The van der Waals surface area contributed by atoms with Crippen molar-refractivity contribution in [2.24, 2.45) is 0 Å². The Hall–Kier alpha value is -1.57. The predicted octanol–water partition coefficient (Wildman–Crippen LogP) is 3.30. The Morgan fingerprint density at radius 1 is 1.19 bits per heavy atom. The van der Waals surface area contributed by atoms with Gasteiger partial charge in [-0.25, -0.2) is 0 Å². The van der Waals surface area contributed by atoms with Crippen molar-refractivity contribution in [3.8, 4) is 0 Å². The minimum Gasteiger partial charge on any atom is -0.358 e. The first-order valence-corrected chi connectivity index (χ1v) is 5.82. The van der Waals surface area contributed by atoms with E-state index in [2.05, 4.69) is 31.0 Å². The van der Waals surface area contributed by atoms with Gasteiger partial charge in [0.05, 0.1) is 0 Å². The fourth-order valence-electron chi connectivity index (χ4n) is 2.76. The summed E-state index contributed by atoms with van der Waals surface area (Å²) in [4.78, 5) is 15.4. The molecule has 0 unspecified atom stereocenters. The summed E-state index contributed by atoms with van der Waals surface area (Å²) < 4.78 is 0. The number of aromatic amines is 1. The molecule has 1 heterocycles. The van der Waals surface area contributed by atoms with E-state index in [1.54, 1.807) is 0 Å². The molecule has 0 saturated carbocycles. The number of aryl methyl sites for hydroxylation is 3. The number of aromatic nitrogens is 1. The maximum Gasteiger partial charge on any atom is 0.165 e. The molecule has 0 aliphatic heterocycles. The molecule has 1 aliphatic rings. The van der Waals surface area contributed by atoms with E-state index in [0.29, 0.717) is 12.2 Å². The Morgan fingerprint density at radius 3 is 2.81 bits per heavy atom. The first-order chi connectivity index (χ1) is 7.66. The van der Waals surface area contributed by atoms with E-state index < -0.39 is 0 Å². The van der Waals surface area contributed by atoms with Crippen LogP contribution in [0.2, 0.25) is 0 Å². The van der Waals surface area contributed by atoms with E-state index in [1.165, 1.54) is 11.1 Å². The highest BCUT2D eigenvalue weighted by atomic mass is 16.1. The van der Waals surface area contributed by atoms with Crippen LogP contribution in [0.4, 0.5) is 0 Å². The average Bonchev–Trinajstić information content (AvgIpc) is 2.58. The topological polar surface area (TPSA) is 32.9 Å². The van der Waals surface area contributed by atoms with Crippen LogP contribution in [0.5, 0.6) is 0 Å². The molecule has 0 fully saturated rings. The molecule has 16 heavy (non-hydrogen) atoms. The summed E-state index contributed by atoms with van der Waals surface area (Å²) >= 11 is 0. The van der Waals surface area contributed by atoms with Crippen LogP contribution in [0.15, 0.2) is 12.1 Å². The number of Topliss-reactive ketones (excluding diaryl/α,β-unsaturated/α-hetero) is 1. The van der Waals surface area contributed by atoms with Gasteiger partial charge in [0.2, 0.25) is 0 Å². The standard InChI is InChI=1S/C14H15NO/c1-8-6-9(2)14-10(7-8)13-11(15-14)4-3-5-12(13)16/h6-7,15H,3-5H2,1-2H3. The molecule has 1 aromatic heterocycles. The number of hydrogen-bond donors (Lipinski definition) is 1. The normalized spacial score (nSPS) is 15.5. The van der Waals surface area contributed by atoms with Gasteiger partial charge in [0.1, 0.15) is 0 Å². The van der Waals surface area contributed by atoms with E-state index in [9.17, 15) is 4.79 Å². The second-order valence-electron chi connectivity index (χ2n) is 4.76. The van der Waals surface area contributed by atoms with E-state index in [1.807, 2.05) is 0 Å². The zero-order valence-electron chi connectivity index (χ0n) is 9.68. The summed E-state index contributed by atoms with van der Waals surface area (Å²) in [7, 11) is 0. The van der Waals surface area contributed by atoms with Gasteiger partial charge in [-0.15, -0.1) is 0 Å². The summed E-state index contributed by atoms with van der Waals surface area (Å²) in [5.74, 6) is 0.303. The van der Waals surface area contributed by atoms with Crippen molar-refractivity contribution in [3.63, 3.8) is 0 Å². The van der Waals surface area contributed by atoms with E-state index in [4.69, 9.17) is 0 Å². The Kier molecular flexibility index (Phi) is 1.93. The van der Waals surface area contributed by atoms with Crippen LogP contribution in [-0.2, 0) is 6.42 Å². The fourth-order valence-corrected chi connectivity index (χ4v) is 2.76. The predicted molar refractivity (Wildman–Crippen MR) is 65.0 cm³/mol. The third-order valence-electron chi connectivity index (χ3n) is 3.44. The van der Waals surface area contributed by atoms with E-state index in [-0.39, 0.29) is 0 Å². The molecule has 0 bridgehead atoms. The third-order valence-corrected chi connectivity index (χ3v) is 3.44. The Morgan fingerprint density at radius 2 is 2.00 bits per heavy atom. The van der Waals surface area contributed by atoms with Gasteiger partial charge in [0, 0.05) is 28.6 Å². The second kappa shape index (κ2) is 3.21. The Bertz CT molecular complexity index is 592. The Balaban J connectivity index is 2.42. The quantitative estimate of drug-likeness (QED) is 0.715. The monoisotopic (exact) mass is 213 g/mol. The van der Waals surface area contributed by atoms with Gasteiger partial charge in [-0.2, -0.15) is 0 Å². The fraction of sp³-hybridized carbons (Fsp3) is 0.357. The van der Waals surface area contributed by atoms with Crippen LogP contribution in [0.3, 0.4) is 0 Å². The summed E-state index contributed by atoms with van der Waals surface area (Å²) in [5, 5.41) is 1.12. The zero-order chi connectivity index (χ0) is 11.3. The maximum absolute atomic E-state index is 12.0. The van der Waals surface area contributed by atoms with Gasteiger partial charge in [-0.05, 0) is 38.3 Å². The third kappa shape index (κ3) is 1.22. The first kappa shape index (κ1) is 9.64. The number of carbonyl (C=O) groups is 1. The van der Waals surface area contributed by atoms with Crippen LogP contribution >= 0.6 is 0 Å². The number of rotatable bonds is 0. The molecule has 82 valence electrons. The van der Waals surface area contributed by atoms with Crippen molar-refractivity contribution < 1.29 is 4.79 Å². The lowest BCUT2D eigenvalue weighted by Crippen LogP contribution is -2.09. The number of hydrogen-bond acceptors (Lipinski definition) is 1. The van der Waals surface area contributed by atoms with Crippen molar-refractivity contribution >= 4 is 16.7 Å². The van der Waals surface area contributed by atoms with Gasteiger partial charge in [-0.3, -0.25) is 4.79 Å². The minimum absolute atomic E-state index is 0.303. The van der Waals surface area contributed by atoms with Crippen molar-refractivity contribution in [2.75, 3.05) is 0 Å². The smallest absolute Gasteiger partial charge is 0.165 e. The first-order valence-electron chi connectivity index (χ1n) is 5.82. The van der Waals surface area contributed by atoms with E-state index >= 15 is 0 Å². The SMILES string of the molecule is Cc1cc(C)c2[nH]c3c(c2c1)C(=O)CCC3. The second-order valence-corrected chi connectivity index (χ2v) is 4.76. The molecular weight excluding hydrogens is 198 g/mol. The van der Waals surface area contributed by atoms with Gasteiger partial charge >= 0.3 is 0 Å². The summed E-state index contributed by atoms with van der Waals surface area (Å²) in [6.07, 6.45) is 2.69. The summed E-state index contributed by atoms with van der Waals surface area (Å²) in [5.41, 5.74) is 5.70. The molecule has 0 saturated heterocycles. The van der Waals surface area contributed by atoms with Crippen LogP contribution in [-0.4, -0.2) is 10.8 Å². The summed E-state index contributed by atoms with van der Waals surface area (Å²) in [6, 6.07) is 4.29. The van der Waals surface area contributed by atoms with Gasteiger partial charge in [0.15, 0.2) is 5.78 Å². The molecular formula is C14H15NO. The molecule has 3 rings (SSSR count). The summed E-state index contributed by atoms with van der Waals surface area (Å²) in [6.45, 7) is 4.18. The number of ketones is 1. The molecule has 0 spiro atoms. The van der Waals surface area contributed by atoms with Crippen LogP contribution in [0.25, 0.3) is 10.9 Å². The molecule has 2 nitrogen and oxygen atoms in total. The Labute approximate surface area is 94.7 Å². The largest absolute Gasteiger partial charge is 0.358 e. The van der Waals surface area contributed by atoms with Crippen LogP contribution in [0.1, 0.15) is 40.0 Å². The maximum atomic E-state index is 12.0. The molecule has 0 amide bonds. The number of benzene rings is 1. The molecule has 2 aromatic rings. The lowest BCUT2D eigenvalue weighted by molar-refractivity contribution is 0.0974. The molecule has 1 N–H and O–H groups in total. The molecule has 1 aromatic carbocycles. The van der Waals surface area contributed by atoms with Crippen molar-refractivity contribution in [3.05, 3.63) is 34.5 Å². The van der Waals surface area contributed by atoms with Gasteiger partial charge in [0.25, 0.3) is 0 Å². The number of carbonyl (C=O) groups excluding carboxylic acids is 1. The molecule has 0 radical (unpaired) electrons. The lowest BCUT2D eigenvalue weighted by Gasteiger charge is -2.09. The number of H-pyrrole nitrogens is 1. The van der Waals surface area contributed by atoms with Crippen molar-refractivity contribution in [1.82, 2.24) is 4.98 Å². The number of nitrogens with one attached hydrogen (secondary N) is 1.